The summed E-state index contributed by atoms with van der Waals surface area (Å²) in [6.45, 7) is 1.03. The average molecular weight is 687 g/mol. The van der Waals surface area contributed by atoms with E-state index in [-0.39, 0.29) is 0 Å². The molecule has 0 spiro atoms. The summed E-state index contributed by atoms with van der Waals surface area (Å²) < 4.78 is 0. The van der Waals surface area contributed by atoms with E-state index in [0.717, 1.165) is 0 Å². The first-order valence-electron chi connectivity index (χ1n) is 18.8. The summed E-state index contributed by atoms with van der Waals surface area (Å²) in [5.74, 6) is 6.75. The Kier molecular flexibility index (Phi) is 8.14. The molecule has 54 heavy (non-hydrogen) atoms. The first kappa shape index (κ1) is 32.0. The maximum atomic E-state index is 2.31. The van der Waals surface area contributed by atoms with Gasteiger partial charge >= 0.3 is 20.5 Å². The lowest BCUT2D eigenvalue weighted by molar-refractivity contribution is 0.797. The SMILES string of the molecule is C1=CB2c3c(ccc4ccccc34)C=CN2C=C1.C1=CB2c3cc4ccccc4cc3C=CN2C=C1.C1=CB2c3ccc4ccccc4c3C=CN2C=C1. The zero-order chi connectivity index (χ0) is 35.8. The largest absolute Gasteiger partial charge is 0.389 e. The number of fused-ring (bicyclic) bond motifs is 14. The maximum Gasteiger partial charge on any atom is 0.320 e. The summed E-state index contributed by atoms with van der Waals surface area (Å²) in [5.41, 5.74) is 8.20. The predicted octanol–water partition coefficient (Wildman–Crippen LogP) is 8.84. The van der Waals surface area contributed by atoms with Crippen molar-refractivity contribution in [3.8, 4) is 0 Å². The van der Waals surface area contributed by atoms with Crippen molar-refractivity contribution in [1.82, 2.24) is 14.4 Å². The lowest BCUT2D eigenvalue weighted by Crippen LogP contribution is -2.46. The van der Waals surface area contributed by atoms with Gasteiger partial charge in [-0.15, -0.1) is 0 Å². The van der Waals surface area contributed by atoms with Crippen LogP contribution < -0.4 is 16.4 Å². The molecule has 0 saturated carbocycles. The fourth-order valence-corrected chi connectivity index (χ4v) is 8.45. The number of allylic oxidation sites excluding steroid dienone is 6. The Morgan fingerprint density at radius 3 is 1.59 bits per heavy atom. The number of hydrogen-bond acceptors (Lipinski definition) is 3. The molecule has 6 aromatic rings. The third-order valence-corrected chi connectivity index (χ3v) is 11.1. The van der Waals surface area contributed by atoms with E-state index in [1.807, 2.05) is 0 Å². The Morgan fingerprint density at radius 1 is 0.352 bits per heavy atom. The van der Waals surface area contributed by atoms with Crippen LogP contribution in [-0.4, -0.2) is 35.0 Å². The zero-order valence-corrected chi connectivity index (χ0v) is 29.9. The standard InChI is InChI=1S/3C16H12BN/c1-2-6-15-13(5-1)7-8-14-9-12-18-11-4-3-10-17(18)16(14)15;1-2-6-14-13(5-1)7-8-16-15(14)9-12-18-11-4-3-10-17(16)18;1-2-6-14-12-16-15(11-13(14)5-1)7-10-18-9-4-3-8-17(16)18/h3*1-12H. The van der Waals surface area contributed by atoms with Gasteiger partial charge in [0.05, 0.1) is 0 Å². The molecule has 0 saturated heterocycles. The molecule has 6 heterocycles. The Morgan fingerprint density at radius 2 is 0.870 bits per heavy atom. The van der Waals surface area contributed by atoms with Crippen molar-refractivity contribution in [2.45, 2.75) is 0 Å². The summed E-state index contributed by atoms with van der Waals surface area (Å²) >= 11 is 0. The van der Waals surface area contributed by atoms with Crippen LogP contribution in [-0.2, 0) is 0 Å². The number of benzene rings is 6. The minimum atomic E-state index is 0.334. The van der Waals surface area contributed by atoms with E-state index in [4.69, 9.17) is 0 Å². The van der Waals surface area contributed by atoms with E-state index < -0.39 is 0 Å². The Balaban J connectivity index is 0.000000100. The first-order valence-corrected chi connectivity index (χ1v) is 18.8. The molecule has 0 aliphatic carbocycles. The molecule has 0 aromatic heterocycles. The van der Waals surface area contributed by atoms with Gasteiger partial charge in [0.2, 0.25) is 0 Å². The summed E-state index contributed by atoms with van der Waals surface area (Å²) in [7, 11) is 0. The highest BCUT2D eigenvalue weighted by Gasteiger charge is 2.29. The first-order chi connectivity index (χ1) is 26.8. The van der Waals surface area contributed by atoms with Crippen LogP contribution in [0.1, 0.15) is 16.7 Å². The third-order valence-electron chi connectivity index (χ3n) is 11.1. The molecular formula is C48H36B3N3. The van der Waals surface area contributed by atoms with Crippen LogP contribution >= 0.6 is 0 Å². The van der Waals surface area contributed by atoms with Crippen LogP contribution in [0.5, 0.6) is 0 Å². The zero-order valence-electron chi connectivity index (χ0n) is 29.9. The summed E-state index contributed by atoms with van der Waals surface area (Å²) in [6.07, 6.45) is 32.1. The second-order valence-corrected chi connectivity index (χ2v) is 14.2. The number of nitrogens with zero attached hydrogens (tertiary/aromatic N) is 3. The van der Waals surface area contributed by atoms with Gasteiger partial charge in [-0.1, -0.05) is 139 Å². The van der Waals surface area contributed by atoms with Gasteiger partial charge in [-0.05, 0) is 145 Å². The monoisotopic (exact) mass is 687 g/mol. The maximum absolute atomic E-state index is 2.31. The van der Waals surface area contributed by atoms with Crippen LogP contribution in [0.3, 0.4) is 0 Å². The van der Waals surface area contributed by atoms with Crippen molar-refractivity contribution in [3.63, 3.8) is 0 Å². The Labute approximate surface area is 318 Å². The van der Waals surface area contributed by atoms with Gasteiger partial charge in [-0.3, -0.25) is 0 Å². The topological polar surface area (TPSA) is 9.72 Å². The molecule has 0 atom stereocenters. The summed E-state index contributed by atoms with van der Waals surface area (Å²) in [5, 5.41) is 7.95. The molecule has 0 unspecified atom stereocenters. The molecule has 6 heteroatoms. The van der Waals surface area contributed by atoms with Crippen molar-refractivity contribution in [2.75, 3.05) is 0 Å². The quantitative estimate of drug-likeness (QED) is 0.148. The van der Waals surface area contributed by atoms with Crippen LogP contribution in [0.25, 0.3) is 50.5 Å². The van der Waals surface area contributed by atoms with Gasteiger partial charge in [0.25, 0.3) is 0 Å². The van der Waals surface area contributed by atoms with E-state index in [2.05, 4.69) is 233 Å². The van der Waals surface area contributed by atoms with Crippen molar-refractivity contribution < 1.29 is 0 Å². The van der Waals surface area contributed by atoms with Crippen LogP contribution in [0.15, 0.2) is 201 Å². The molecular weight excluding hydrogens is 651 g/mol. The summed E-state index contributed by atoms with van der Waals surface area (Å²) in [4.78, 5) is 6.75. The van der Waals surface area contributed by atoms with Crippen LogP contribution in [0.4, 0.5) is 0 Å². The molecule has 0 bridgehead atoms. The number of hydrogen-bond donors (Lipinski definition) is 0. The normalized spacial score (nSPS) is 16.0. The van der Waals surface area contributed by atoms with E-state index in [9.17, 15) is 0 Å². The van der Waals surface area contributed by atoms with Crippen LogP contribution in [0, 0.1) is 0 Å². The minimum absolute atomic E-state index is 0.334. The Bertz CT molecular complexity index is 2710. The molecule has 0 fully saturated rings. The van der Waals surface area contributed by atoms with Crippen molar-refractivity contribution in [3.05, 3.63) is 217 Å². The average Bonchev–Trinajstić information content (AvgIpc) is 3.25. The fraction of sp³-hybridized carbons (Fsp3) is 0. The van der Waals surface area contributed by atoms with Gasteiger partial charge in [0.15, 0.2) is 0 Å². The molecule has 6 aliphatic rings. The third kappa shape index (κ3) is 5.77. The lowest BCUT2D eigenvalue weighted by Gasteiger charge is -2.30. The Hall–Kier alpha value is -6.65. The molecule has 0 N–H and O–H groups in total. The van der Waals surface area contributed by atoms with Gasteiger partial charge in [0, 0.05) is 0 Å². The van der Waals surface area contributed by atoms with E-state index in [1.165, 1.54) is 65.4 Å². The predicted molar refractivity (Wildman–Crippen MR) is 235 cm³/mol. The second-order valence-electron chi connectivity index (χ2n) is 14.2. The molecule has 6 aliphatic heterocycles. The highest BCUT2D eigenvalue weighted by Crippen LogP contribution is 2.25. The minimum Gasteiger partial charge on any atom is -0.389 e. The molecule has 12 rings (SSSR count). The summed E-state index contributed by atoms with van der Waals surface area (Å²) in [6, 6.07) is 39.2. The lowest BCUT2D eigenvalue weighted by atomic mass is 9.50. The van der Waals surface area contributed by atoms with Gasteiger partial charge in [0.1, 0.15) is 0 Å². The fourth-order valence-electron chi connectivity index (χ4n) is 8.45. The van der Waals surface area contributed by atoms with Gasteiger partial charge in [-0.25, -0.2) is 0 Å². The highest BCUT2D eigenvalue weighted by atomic mass is 15.0. The number of rotatable bonds is 0. The highest BCUT2D eigenvalue weighted by molar-refractivity contribution is 6.79. The van der Waals surface area contributed by atoms with E-state index in [1.54, 1.807) is 0 Å². The molecule has 6 aromatic carbocycles. The smallest absolute Gasteiger partial charge is 0.320 e. The van der Waals surface area contributed by atoms with Gasteiger partial charge < -0.3 is 14.4 Å². The van der Waals surface area contributed by atoms with Crippen molar-refractivity contribution in [2.24, 2.45) is 0 Å². The van der Waals surface area contributed by atoms with Crippen molar-refractivity contribution >= 4 is 87.5 Å². The van der Waals surface area contributed by atoms with E-state index >= 15 is 0 Å². The molecule has 0 amide bonds. The van der Waals surface area contributed by atoms with E-state index in [0.29, 0.717) is 20.5 Å². The second kappa shape index (κ2) is 13.7. The van der Waals surface area contributed by atoms with Gasteiger partial charge in [-0.2, -0.15) is 0 Å². The van der Waals surface area contributed by atoms with Crippen molar-refractivity contribution in [1.29, 1.82) is 0 Å². The molecule has 0 radical (unpaired) electrons. The molecule has 3 nitrogen and oxygen atoms in total. The van der Waals surface area contributed by atoms with Crippen LogP contribution in [0.2, 0.25) is 0 Å². The molecule has 252 valence electrons.